The maximum atomic E-state index is 14.5. The number of carbonyl (C=O) groups excluding carboxylic acids is 1. The zero-order valence-corrected chi connectivity index (χ0v) is 24.7. The van der Waals surface area contributed by atoms with Crippen molar-refractivity contribution in [3.05, 3.63) is 44.9 Å². The Morgan fingerprint density at radius 2 is 1.67 bits per heavy atom. The van der Waals surface area contributed by atoms with Gasteiger partial charge in [-0.25, -0.2) is 4.39 Å². The highest BCUT2D eigenvalue weighted by molar-refractivity contribution is 5.94. The molecule has 1 aromatic rings. The number of ether oxygens (including phenoxy) is 2. The number of pyridine rings is 1. The second kappa shape index (κ2) is 10.7. The fourth-order valence-corrected chi connectivity index (χ4v) is 7.29. The Kier molecular flexibility index (Phi) is 7.85. The number of aromatic nitrogens is 1. The van der Waals surface area contributed by atoms with E-state index in [-0.39, 0.29) is 41.4 Å². The van der Waals surface area contributed by atoms with Crippen LogP contribution in [0.2, 0.25) is 0 Å². The van der Waals surface area contributed by atoms with Gasteiger partial charge in [-0.1, -0.05) is 13.8 Å². The van der Waals surface area contributed by atoms with Crippen LogP contribution in [-0.4, -0.2) is 84.1 Å². The fourth-order valence-electron chi connectivity index (χ4n) is 7.29. The molecule has 5 fully saturated rings. The van der Waals surface area contributed by atoms with E-state index >= 15 is 0 Å². The average molecular weight is 544 g/mol. The number of carbonyl (C=O) groups is 1. The summed E-state index contributed by atoms with van der Waals surface area (Å²) in [5.41, 5.74) is 2.51. The highest BCUT2D eigenvalue weighted by atomic mass is 19.1. The van der Waals surface area contributed by atoms with Crippen molar-refractivity contribution in [2.45, 2.75) is 95.7 Å². The van der Waals surface area contributed by atoms with Crippen molar-refractivity contribution in [2.75, 3.05) is 33.9 Å². The van der Waals surface area contributed by atoms with Gasteiger partial charge in [-0.05, 0) is 75.0 Å². The van der Waals surface area contributed by atoms with E-state index in [4.69, 9.17) is 9.47 Å². The van der Waals surface area contributed by atoms with Crippen LogP contribution in [0.4, 0.5) is 4.39 Å². The molecule has 0 radical (unpaired) electrons. The molecule has 4 unspecified atom stereocenters. The molecule has 1 aromatic heterocycles. The third-order valence-electron chi connectivity index (χ3n) is 10.1. The first-order valence-electron chi connectivity index (χ1n) is 14.6. The first-order valence-corrected chi connectivity index (χ1v) is 14.6. The van der Waals surface area contributed by atoms with Gasteiger partial charge in [-0.15, -0.1) is 0 Å². The number of piperazine rings is 1. The molecule has 0 N–H and O–H groups in total. The summed E-state index contributed by atoms with van der Waals surface area (Å²) in [6.45, 7) is 10.2. The van der Waals surface area contributed by atoms with Crippen LogP contribution in [0.3, 0.4) is 0 Å². The third-order valence-corrected chi connectivity index (χ3v) is 10.1. The minimum Gasteiger partial charge on any atom is -0.381 e. The van der Waals surface area contributed by atoms with Crippen molar-refractivity contribution in [3.8, 4) is 0 Å². The molecule has 5 aliphatic rings. The molecule has 2 bridgehead atoms. The molecule has 7 nitrogen and oxygen atoms in total. The van der Waals surface area contributed by atoms with Gasteiger partial charge in [0, 0.05) is 76.2 Å². The Hall–Kier alpha value is -2.03. The van der Waals surface area contributed by atoms with Gasteiger partial charge in [0.1, 0.15) is 5.67 Å². The fraction of sp³-hybridized carbons (Fsp3) is 0.742. The van der Waals surface area contributed by atoms with Gasteiger partial charge in [0.05, 0.1) is 12.2 Å². The molecule has 216 valence electrons. The monoisotopic (exact) mass is 543 g/mol. The number of piperidine rings is 1. The molecule has 3 aliphatic heterocycles. The Labute approximate surface area is 232 Å². The van der Waals surface area contributed by atoms with Crippen LogP contribution >= 0.6 is 0 Å². The number of hydrogen-bond donors (Lipinski definition) is 0. The maximum absolute atomic E-state index is 14.5. The van der Waals surface area contributed by atoms with Gasteiger partial charge in [-0.3, -0.25) is 14.5 Å². The van der Waals surface area contributed by atoms with E-state index in [1.54, 1.807) is 24.9 Å². The van der Waals surface area contributed by atoms with Crippen LogP contribution in [0, 0.1) is 25.7 Å². The number of halogens is 1. The largest absolute Gasteiger partial charge is 0.381 e. The number of methoxy groups -OCH3 is 2. The summed E-state index contributed by atoms with van der Waals surface area (Å²) in [5, 5.41) is 0. The van der Waals surface area contributed by atoms with Crippen LogP contribution in [0.15, 0.2) is 22.6 Å². The highest BCUT2D eigenvalue weighted by Crippen LogP contribution is 2.44. The molecule has 2 saturated carbocycles. The topological polar surface area (TPSA) is 64.0 Å². The van der Waals surface area contributed by atoms with Crippen LogP contribution in [0.5, 0.6) is 0 Å². The Bertz CT molecular complexity index is 1160. The SMILES string of the molecule is COC1CC(c2cn(C)c(=O)c(C)c2C)CC(OC)C1CN1C2CC1CN(C(=O)/C(=C/C1(F)CC1)C(C)C)C2. The van der Waals surface area contributed by atoms with E-state index in [1.807, 2.05) is 45.8 Å². The van der Waals surface area contributed by atoms with Gasteiger partial charge in [-0.2, -0.15) is 0 Å². The third kappa shape index (κ3) is 5.36. The first kappa shape index (κ1) is 28.5. The zero-order chi connectivity index (χ0) is 28.2. The number of aryl methyl sites for hydroxylation is 1. The number of amides is 1. The van der Waals surface area contributed by atoms with Crippen molar-refractivity contribution >= 4 is 5.91 Å². The quantitative estimate of drug-likeness (QED) is 0.466. The molecule has 3 saturated heterocycles. The normalized spacial score (nSPS) is 32.3. The minimum atomic E-state index is -1.27. The number of rotatable bonds is 8. The summed E-state index contributed by atoms with van der Waals surface area (Å²) in [6, 6.07) is 0.644. The van der Waals surface area contributed by atoms with E-state index in [0.717, 1.165) is 36.9 Å². The first-order chi connectivity index (χ1) is 18.5. The molecular formula is C31H46FN3O4. The number of alkyl halides is 1. The summed E-state index contributed by atoms with van der Waals surface area (Å²) in [6.07, 6.45) is 7.62. The highest BCUT2D eigenvalue weighted by Gasteiger charge is 2.50. The van der Waals surface area contributed by atoms with Crippen molar-refractivity contribution in [1.29, 1.82) is 0 Å². The number of nitrogens with zero attached hydrogens (tertiary/aromatic N) is 3. The van der Waals surface area contributed by atoms with Crippen molar-refractivity contribution in [2.24, 2.45) is 18.9 Å². The van der Waals surface area contributed by atoms with Gasteiger partial charge >= 0.3 is 0 Å². The number of allylic oxidation sites excluding steroid dienone is 1. The predicted octanol–water partition coefficient (Wildman–Crippen LogP) is 3.90. The van der Waals surface area contributed by atoms with Crippen molar-refractivity contribution < 1.29 is 18.7 Å². The van der Waals surface area contributed by atoms with E-state index in [2.05, 4.69) is 4.90 Å². The Morgan fingerprint density at radius 1 is 1.08 bits per heavy atom. The van der Waals surface area contributed by atoms with Crippen LogP contribution in [-0.2, 0) is 21.3 Å². The molecule has 4 atom stereocenters. The van der Waals surface area contributed by atoms with Crippen molar-refractivity contribution in [3.63, 3.8) is 0 Å². The van der Waals surface area contributed by atoms with Gasteiger partial charge in [0.15, 0.2) is 0 Å². The lowest BCUT2D eigenvalue weighted by molar-refractivity contribution is -0.148. The Morgan fingerprint density at radius 3 is 2.18 bits per heavy atom. The lowest BCUT2D eigenvalue weighted by atomic mass is 9.72. The lowest BCUT2D eigenvalue weighted by Gasteiger charge is -2.58. The molecule has 8 heteroatoms. The van der Waals surface area contributed by atoms with E-state index < -0.39 is 5.67 Å². The summed E-state index contributed by atoms with van der Waals surface area (Å²) in [7, 11) is 5.41. The standard InChI is InChI=1S/C31H46FN3O4/c1-18(2)24(13-31(32)8-9-31)30(37)34-14-22-12-23(15-34)35(22)17-26-27(38-6)10-21(11-28(26)39-7)25-16-33(5)29(36)20(4)19(25)3/h13,16,18,21-23,26-28H,8-12,14-15,17H2,1-7H3/b24-13+. The van der Waals surface area contributed by atoms with Crippen molar-refractivity contribution in [1.82, 2.24) is 14.4 Å². The van der Waals surface area contributed by atoms with Crippen LogP contribution < -0.4 is 5.56 Å². The Balaban J connectivity index is 1.27. The number of fused-ring (bicyclic) bond motifs is 2. The molecular weight excluding hydrogens is 497 g/mol. The molecule has 39 heavy (non-hydrogen) atoms. The molecule has 1 amide bonds. The summed E-state index contributed by atoms with van der Waals surface area (Å²) in [5.74, 6) is 0.512. The second-order valence-corrected chi connectivity index (χ2v) is 12.9. The van der Waals surface area contributed by atoms with E-state index in [0.29, 0.717) is 43.6 Å². The van der Waals surface area contributed by atoms with Gasteiger partial charge in [0.2, 0.25) is 5.91 Å². The summed E-state index contributed by atoms with van der Waals surface area (Å²) in [4.78, 5) is 30.3. The van der Waals surface area contributed by atoms with Gasteiger partial charge in [0.25, 0.3) is 5.56 Å². The second-order valence-electron chi connectivity index (χ2n) is 12.9. The smallest absolute Gasteiger partial charge is 0.253 e. The summed E-state index contributed by atoms with van der Waals surface area (Å²) < 4.78 is 28.4. The summed E-state index contributed by atoms with van der Waals surface area (Å²) >= 11 is 0. The number of hydrogen-bond acceptors (Lipinski definition) is 5. The molecule has 0 spiro atoms. The molecule has 6 rings (SSSR count). The van der Waals surface area contributed by atoms with Crippen LogP contribution in [0.25, 0.3) is 0 Å². The maximum Gasteiger partial charge on any atom is 0.253 e. The van der Waals surface area contributed by atoms with Crippen LogP contribution in [0.1, 0.15) is 68.6 Å². The predicted molar refractivity (Wildman–Crippen MR) is 150 cm³/mol. The minimum absolute atomic E-state index is 0.0104. The molecule has 4 heterocycles. The zero-order valence-electron chi connectivity index (χ0n) is 24.7. The molecule has 2 aliphatic carbocycles. The average Bonchev–Trinajstić information content (AvgIpc) is 3.66. The van der Waals surface area contributed by atoms with E-state index in [1.165, 1.54) is 5.56 Å². The van der Waals surface area contributed by atoms with E-state index in [9.17, 15) is 14.0 Å². The molecule has 0 aromatic carbocycles. The van der Waals surface area contributed by atoms with Gasteiger partial charge < -0.3 is 18.9 Å². The lowest BCUT2D eigenvalue weighted by Crippen LogP contribution is -2.71.